The molecule has 0 aromatic carbocycles. The van der Waals surface area contributed by atoms with Gasteiger partial charge in [0.2, 0.25) is 0 Å². The Morgan fingerprint density at radius 3 is 2.55 bits per heavy atom. The maximum atomic E-state index is 11.1. The maximum Gasteiger partial charge on any atom is 0.314 e. The first-order chi connectivity index (χ1) is 9.69. The van der Waals surface area contributed by atoms with Gasteiger partial charge in [0.25, 0.3) is 0 Å². The molecule has 0 bridgehead atoms. The van der Waals surface area contributed by atoms with Crippen LogP contribution in [-0.4, -0.2) is 49.1 Å². The van der Waals surface area contributed by atoms with Crippen LogP contribution in [0.15, 0.2) is 4.99 Å². The average molecular weight is 281 g/mol. The highest BCUT2D eigenvalue weighted by Crippen LogP contribution is 2.32. The van der Waals surface area contributed by atoms with E-state index in [1.165, 1.54) is 19.3 Å². The van der Waals surface area contributed by atoms with Crippen molar-refractivity contribution in [3.63, 3.8) is 0 Å². The minimum absolute atomic E-state index is 0.312. The van der Waals surface area contributed by atoms with Crippen molar-refractivity contribution in [2.24, 2.45) is 16.6 Å². The summed E-state index contributed by atoms with van der Waals surface area (Å²) in [6.45, 7) is 5.31. The van der Waals surface area contributed by atoms with E-state index < -0.39 is 0 Å². The van der Waals surface area contributed by atoms with Crippen molar-refractivity contribution in [2.45, 2.75) is 45.1 Å². The molecular weight excluding hydrogens is 254 g/mol. The molecule has 1 saturated heterocycles. The van der Waals surface area contributed by atoms with Crippen LogP contribution in [0.3, 0.4) is 0 Å². The van der Waals surface area contributed by atoms with Gasteiger partial charge in [-0.05, 0) is 32.1 Å². The van der Waals surface area contributed by atoms with E-state index >= 15 is 0 Å². The van der Waals surface area contributed by atoms with Crippen molar-refractivity contribution in [3.05, 3.63) is 0 Å². The first-order valence-corrected chi connectivity index (χ1v) is 7.78. The Bertz CT molecular complexity index is 345. The number of nitrogens with one attached hydrogen (secondary N) is 2. The summed E-state index contributed by atoms with van der Waals surface area (Å²) in [5, 5.41) is 6.76. The molecule has 4 N–H and O–H groups in total. The molecule has 6 nitrogen and oxygen atoms in total. The fourth-order valence-electron chi connectivity index (χ4n) is 2.52. The van der Waals surface area contributed by atoms with Gasteiger partial charge >= 0.3 is 6.03 Å². The van der Waals surface area contributed by atoms with E-state index in [2.05, 4.69) is 22.5 Å². The van der Waals surface area contributed by atoms with E-state index in [9.17, 15) is 4.79 Å². The summed E-state index contributed by atoms with van der Waals surface area (Å²) < 4.78 is 0. The Kier molecular flexibility index (Phi) is 5.49. The third-order valence-corrected chi connectivity index (χ3v) is 4.00. The van der Waals surface area contributed by atoms with Crippen LogP contribution in [0, 0.1) is 5.92 Å². The smallest absolute Gasteiger partial charge is 0.314 e. The molecule has 0 atom stereocenters. The van der Waals surface area contributed by atoms with Gasteiger partial charge in [-0.1, -0.05) is 12.8 Å². The number of carbonyl (C=O) groups excluding carboxylic acids is 1. The Hall–Kier alpha value is -1.46. The number of piperidine rings is 1. The summed E-state index contributed by atoms with van der Waals surface area (Å²) in [5.41, 5.74) is 5.29. The predicted octanol–water partition coefficient (Wildman–Crippen LogP) is 0.885. The summed E-state index contributed by atoms with van der Waals surface area (Å²) in [6, 6.07) is 0.0674. The van der Waals surface area contributed by atoms with Gasteiger partial charge in [0.15, 0.2) is 5.96 Å². The summed E-state index contributed by atoms with van der Waals surface area (Å²) in [4.78, 5) is 17.4. The molecule has 2 rings (SSSR count). The highest BCUT2D eigenvalue weighted by molar-refractivity contribution is 5.80. The zero-order valence-corrected chi connectivity index (χ0v) is 12.4. The van der Waals surface area contributed by atoms with Gasteiger partial charge in [-0.3, -0.25) is 4.99 Å². The number of aliphatic imine (C=N–C) groups is 1. The van der Waals surface area contributed by atoms with E-state index in [4.69, 9.17) is 5.73 Å². The fourth-order valence-corrected chi connectivity index (χ4v) is 2.52. The summed E-state index contributed by atoms with van der Waals surface area (Å²) in [5.74, 6) is 1.83. The van der Waals surface area contributed by atoms with Gasteiger partial charge in [-0.15, -0.1) is 0 Å². The monoisotopic (exact) mass is 281 g/mol. The number of guanidine groups is 1. The molecule has 1 aliphatic carbocycles. The van der Waals surface area contributed by atoms with Crippen molar-refractivity contribution in [3.8, 4) is 0 Å². The lowest BCUT2D eigenvalue weighted by Crippen LogP contribution is -2.50. The van der Waals surface area contributed by atoms with E-state index in [1.807, 2.05) is 0 Å². The van der Waals surface area contributed by atoms with E-state index in [0.29, 0.717) is 6.04 Å². The number of rotatable bonds is 5. The molecule has 0 radical (unpaired) electrons. The standard InChI is InChI=1S/C14H27N5O/c1-2-16-14(17-8-5-11-3-4-11)18-12-6-9-19(10-7-12)13(15)20/h11-12H,2-10H2,1H3,(H2,15,20)(H2,16,17,18). The van der Waals surface area contributed by atoms with Crippen molar-refractivity contribution in [1.82, 2.24) is 15.5 Å². The van der Waals surface area contributed by atoms with Crippen molar-refractivity contribution in [2.75, 3.05) is 26.2 Å². The number of amides is 2. The van der Waals surface area contributed by atoms with Gasteiger partial charge < -0.3 is 21.3 Å². The lowest BCUT2D eigenvalue weighted by atomic mass is 10.1. The Morgan fingerprint density at radius 1 is 1.30 bits per heavy atom. The highest BCUT2D eigenvalue weighted by atomic mass is 16.2. The third kappa shape index (κ3) is 4.90. The molecule has 114 valence electrons. The lowest BCUT2D eigenvalue weighted by Gasteiger charge is -2.32. The van der Waals surface area contributed by atoms with Crippen molar-refractivity contribution in [1.29, 1.82) is 0 Å². The van der Waals surface area contributed by atoms with Crippen LogP contribution < -0.4 is 16.4 Å². The molecule has 20 heavy (non-hydrogen) atoms. The first kappa shape index (κ1) is 14.9. The summed E-state index contributed by atoms with van der Waals surface area (Å²) in [6.07, 6.45) is 5.82. The maximum absolute atomic E-state index is 11.1. The molecule has 0 spiro atoms. The van der Waals surface area contributed by atoms with Crippen molar-refractivity contribution >= 4 is 12.0 Å². The van der Waals surface area contributed by atoms with E-state index in [-0.39, 0.29) is 6.03 Å². The van der Waals surface area contributed by atoms with Crippen LogP contribution >= 0.6 is 0 Å². The Labute approximate surface area is 121 Å². The Balaban J connectivity index is 1.74. The summed E-state index contributed by atoms with van der Waals surface area (Å²) in [7, 11) is 0. The van der Waals surface area contributed by atoms with Gasteiger partial charge in [0.05, 0.1) is 0 Å². The molecule has 1 saturated carbocycles. The van der Waals surface area contributed by atoms with E-state index in [0.717, 1.165) is 50.9 Å². The van der Waals surface area contributed by atoms with Crippen LogP contribution in [-0.2, 0) is 0 Å². The second-order valence-electron chi connectivity index (χ2n) is 5.74. The minimum Gasteiger partial charge on any atom is -0.357 e. The van der Waals surface area contributed by atoms with E-state index in [1.54, 1.807) is 4.90 Å². The van der Waals surface area contributed by atoms with Crippen LogP contribution in [0.2, 0.25) is 0 Å². The lowest BCUT2D eigenvalue weighted by molar-refractivity contribution is 0.188. The number of likely N-dealkylation sites (tertiary alicyclic amines) is 1. The molecular formula is C14H27N5O. The first-order valence-electron chi connectivity index (χ1n) is 7.78. The molecule has 2 amide bonds. The Morgan fingerprint density at radius 2 is 2.00 bits per heavy atom. The van der Waals surface area contributed by atoms with Crippen LogP contribution in [0.1, 0.15) is 39.0 Å². The molecule has 6 heteroatoms. The van der Waals surface area contributed by atoms with Gasteiger partial charge in [0, 0.05) is 32.2 Å². The minimum atomic E-state index is -0.312. The molecule has 0 aromatic heterocycles. The molecule has 2 aliphatic rings. The van der Waals surface area contributed by atoms with Gasteiger partial charge in [-0.25, -0.2) is 4.79 Å². The number of hydrogen-bond acceptors (Lipinski definition) is 2. The second kappa shape index (κ2) is 7.36. The average Bonchev–Trinajstić information content (AvgIpc) is 3.23. The number of hydrogen-bond donors (Lipinski definition) is 3. The number of carbonyl (C=O) groups is 1. The second-order valence-corrected chi connectivity index (χ2v) is 5.74. The molecule has 1 heterocycles. The van der Waals surface area contributed by atoms with Crippen LogP contribution in [0.4, 0.5) is 4.79 Å². The fraction of sp³-hybridized carbons (Fsp3) is 0.857. The number of urea groups is 1. The topological polar surface area (TPSA) is 82.8 Å². The SMILES string of the molecule is CCNC(=NCCC1CC1)NC1CCN(C(N)=O)CC1. The van der Waals surface area contributed by atoms with Gasteiger partial charge in [-0.2, -0.15) is 0 Å². The van der Waals surface area contributed by atoms with Gasteiger partial charge in [0.1, 0.15) is 0 Å². The normalized spacial score (nSPS) is 20.9. The molecule has 0 unspecified atom stereocenters. The number of nitrogens with two attached hydrogens (primary N) is 1. The molecule has 2 fully saturated rings. The summed E-state index contributed by atoms with van der Waals surface area (Å²) >= 11 is 0. The number of nitrogens with zero attached hydrogens (tertiary/aromatic N) is 2. The molecule has 0 aromatic rings. The zero-order valence-electron chi connectivity index (χ0n) is 12.4. The predicted molar refractivity (Wildman–Crippen MR) is 80.6 cm³/mol. The quantitative estimate of drug-likeness (QED) is 0.517. The zero-order chi connectivity index (χ0) is 14.4. The molecule has 1 aliphatic heterocycles. The van der Waals surface area contributed by atoms with Crippen molar-refractivity contribution < 1.29 is 4.79 Å². The number of primary amides is 1. The highest BCUT2D eigenvalue weighted by Gasteiger charge is 2.22. The largest absolute Gasteiger partial charge is 0.357 e. The third-order valence-electron chi connectivity index (χ3n) is 4.00. The van der Waals surface area contributed by atoms with Crippen LogP contribution in [0.5, 0.6) is 0 Å². The van der Waals surface area contributed by atoms with Crippen LogP contribution in [0.25, 0.3) is 0 Å².